The Morgan fingerprint density at radius 3 is 2.85 bits per heavy atom. The highest BCUT2D eigenvalue weighted by Crippen LogP contribution is 2.38. The van der Waals surface area contributed by atoms with Crippen molar-refractivity contribution >= 4 is 50.5 Å². The lowest BCUT2D eigenvalue weighted by Gasteiger charge is -2.31. The number of anilines is 3. The van der Waals surface area contributed by atoms with E-state index in [-0.39, 0.29) is 12.5 Å². The summed E-state index contributed by atoms with van der Waals surface area (Å²) < 4.78 is 13.9. The summed E-state index contributed by atoms with van der Waals surface area (Å²) in [4.78, 5) is 13.6. The van der Waals surface area contributed by atoms with Crippen molar-refractivity contribution in [3.63, 3.8) is 0 Å². The quantitative estimate of drug-likeness (QED) is 0.825. The van der Waals surface area contributed by atoms with Crippen LogP contribution in [0.25, 0.3) is 0 Å². The minimum Gasteiger partial charge on any atom is -0.330 e. The highest BCUT2D eigenvalue weighted by atomic mass is 79.9. The van der Waals surface area contributed by atoms with Crippen LogP contribution in [0.15, 0.2) is 40.9 Å². The number of benzene rings is 2. The number of carbonyl (C=O) groups is 1. The average Bonchev–Trinajstić information content (AvgIpc) is 2.40. The summed E-state index contributed by atoms with van der Waals surface area (Å²) in [6.07, 6.45) is 0. The van der Waals surface area contributed by atoms with Crippen molar-refractivity contribution in [3.05, 3.63) is 51.7 Å². The van der Waals surface area contributed by atoms with Crippen LogP contribution in [-0.4, -0.2) is 12.5 Å². The fraction of sp³-hybridized carbons (Fsp3) is 0.0714. The van der Waals surface area contributed by atoms with Crippen LogP contribution < -0.4 is 10.2 Å². The smallest absolute Gasteiger partial charge is 0.244 e. The van der Waals surface area contributed by atoms with E-state index in [1.165, 1.54) is 6.07 Å². The van der Waals surface area contributed by atoms with Gasteiger partial charge in [0.05, 0.1) is 15.8 Å². The third kappa shape index (κ3) is 2.39. The topological polar surface area (TPSA) is 32.3 Å². The molecule has 0 bridgehead atoms. The van der Waals surface area contributed by atoms with Gasteiger partial charge < -0.3 is 10.2 Å². The normalized spacial score (nSPS) is 13.9. The van der Waals surface area contributed by atoms with E-state index in [1.54, 1.807) is 23.1 Å². The molecule has 1 N–H and O–H groups in total. The molecule has 2 aromatic rings. The standard InChI is InChI=1S/C14H9BrClFN2O/c15-10-5-13-12(6-11(10)17)18-14(20)7-19(13)9-3-1-2-8(16)4-9/h1-6H,7H2,(H,18,20). The third-order valence-corrected chi connectivity index (χ3v) is 3.87. The molecule has 1 aliphatic rings. The van der Waals surface area contributed by atoms with Gasteiger partial charge in [-0.3, -0.25) is 4.79 Å². The molecule has 0 saturated carbocycles. The minimum atomic E-state index is -0.419. The zero-order valence-corrected chi connectivity index (χ0v) is 12.5. The van der Waals surface area contributed by atoms with Gasteiger partial charge in [0.25, 0.3) is 0 Å². The fourth-order valence-corrected chi connectivity index (χ4v) is 2.67. The van der Waals surface area contributed by atoms with Crippen molar-refractivity contribution in [3.8, 4) is 0 Å². The van der Waals surface area contributed by atoms with Gasteiger partial charge >= 0.3 is 0 Å². The van der Waals surface area contributed by atoms with Crippen LogP contribution in [0.2, 0.25) is 5.02 Å². The zero-order valence-electron chi connectivity index (χ0n) is 10.2. The highest BCUT2D eigenvalue weighted by molar-refractivity contribution is 9.10. The van der Waals surface area contributed by atoms with Crippen LogP contribution >= 0.6 is 27.5 Å². The molecular weight excluding hydrogens is 347 g/mol. The van der Waals surface area contributed by atoms with Gasteiger partial charge in [-0.1, -0.05) is 17.7 Å². The van der Waals surface area contributed by atoms with Gasteiger partial charge in [-0.25, -0.2) is 4.39 Å². The Kier molecular flexibility index (Phi) is 3.40. The van der Waals surface area contributed by atoms with Crippen molar-refractivity contribution in [2.75, 3.05) is 16.8 Å². The number of fused-ring (bicyclic) bond motifs is 1. The van der Waals surface area contributed by atoms with Gasteiger partial charge in [0.1, 0.15) is 12.4 Å². The highest BCUT2D eigenvalue weighted by Gasteiger charge is 2.24. The molecule has 20 heavy (non-hydrogen) atoms. The first-order chi connectivity index (χ1) is 9.54. The van der Waals surface area contributed by atoms with Crippen LogP contribution in [0.1, 0.15) is 0 Å². The largest absolute Gasteiger partial charge is 0.330 e. The van der Waals surface area contributed by atoms with Gasteiger partial charge in [-0.05, 0) is 40.2 Å². The lowest BCUT2D eigenvalue weighted by atomic mass is 10.1. The van der Waals surface area contributed by atoms with Crippen molar-refractivity contribution in [2.24, 2.45) is 0 Å². The van der Waals surface area contributed by atoms with E-state index in [0.29, 0.717) is 15.2 Å². The van der Waals surface area contributed by atoms with Crippen LogP contribution in [0.3, 0.4) is 0 Å². The maximum absolute atomic E-state index is 13.6. The molecule has 3 rings (SSSR count). The van der Waals surface area contributed by atoms with E-state index in [1.807, 2.05) is 12.1 Å². The molecule has 0 spiro atoms. The molecule has 0 aliphatic carbocycles. The molecule has 102 valence electrons. The molecule has 0 aromatic heterocycles. The van der Waals surface area contributed by atoms with Gasteiger partial charge in [-0.15, -0.1) is 0 Å². The predicted octanol–water partition coefficient (Wildman–Crippen LogP) is 4.33. The van der Waals surface area contributed by atoms with Gasteiger partial charge in [0.15, 0.2) is 0 Å². The first-order valence-corrected chi connectivity index (χ1v) is 7.04. The summed E-state index contributed by atoms with van der Waals surface area (Å²) in [7, 11) is 0. The van der Waals surface area contributed by atoms with Crippen molar-refractivity contribution < 1.29 is 9.18 Å². The van der Waals surface area contributed by atoms with Crippen LogP contribution in [0.5, 0.6) is 0 Å². The summed E-state index contributed by atoms with van der Waals surface area (Å²) in [5.41, 5.74) is 1.95. The Labute approximate surface area is 128 Å². The Balaban J connectivity index is 2.14. The van der Waals surface area contributed by atoms with E-state index in [4.69, 9.17) is 11.6 Å². The van der Waals surface area contributed by atoms with Crippen LogP contribution in [-0.2, 0) is 4.79 Å². The zero-order chi connectivity index (χ0) is 14.3. The lowest BCUT2D eigenvalue weighted by molar-refractivity contribution is -0.115. The number of nitrogens with one attached hydrogen (secondary N) is 1. The number of nitrogens with zero attached hydrogens (tertiary/aromatic N) is 1. The number of hydrogen-bond acceptors (Lipinski definition) is 2. The maximum Gasteiger partial charge on any atom is 0.244 e. The van der Waals surface area contributed by atoms with E-state index < -0.39 is 5.82 Å². The first kappa shape index (κ1) is 13.4. The number of carbonyl (C=O) groups excluding carboxylic acids is 1. The summed E-state index contributed by atoms with van der Waals surface area (Å²) in [6, 6.07) is 10.1. The van der Waals surface area contributed by atoms with Crippen LogP contribution in [0.4, 0.5) is 21.5 Å². The van der Waals surface area contributed by atoms with Crippen molar-refractivity contribution in [1.29, 1.82) is 0 Å². The van der Waals surface area contributed by atoms with Gasteiger partial charge in [0.2, 0.25) is 5.91 Å². The summed E-state index contributed by atoms with van der Waals surface area (Å²) >= 11 is 9.15. The number of amides is 1. The van der Waals surface area contributed by atoms with Crippen LogP contribution in [0, 0.1) is 5.82 Å². The van der Waals surface area contributed by atoms with Crippen molar-refractivity contribution in [1.82, 2.24) is 0 Å². The Bertz CT molecular complexity index is 708. The maximum atomic E-state index is 13.6. The molecule has 1 heterocycles. The van der Waals surface area contributed by atoms with Gasteiger partial charge in [-0.2, -0.15) is 0 Å². The molecule has 1 aliphatic heterocycles. The molecule has 3 nitrogen and oxygen atoms in total. The van der Waals surface area contributed by atoms with E-state index in [0.717, 1.165) is 11.4 Å². The predicted molar refractivity (Wildman–Crippen MR) is 81.2 cm³/mol. The number of rotatable bonds is 1. The summed E-state index contributed by atoms with van der Waals surface area (Å²) in [5, 5.41) is 3.25. The molecule has 0 unspecified atom stereocenters. The summed E-state index contributed by atoms with van der Waals surface area (Å²) in [6.45, 7) is 0.158. The van der Waals surface area contributed by atoms with E-state index in [9.17, 15) is 9.18 Å². The number of hydrogen-bond donors (Lipinski definition) is 1. The Morgan fingerprint density at radius 2 is 2.10 bits per heavy atom. The first-order valence-electron chi connectivity index (χ1n) is 5.86. The van der Waals surface area contributed by atoms with E-state index >= 15 is 0 Å². The molecule has 0 saturated heterocycles. The molecule has 0 fully saturated rings. The second-order valence-electron chi connectivity index (χ2n) is 4.40. The Morgan fingerprint density at radius 1 is 1.30 bits per heavy atom. The minimum absolute atomic E-state index is 0.158. The Hall–Kier alpha value is -1.59. The second kappa shape index (κ2) is 5.07. The fourth-order valence-electron chi connectivity index (χ4n) is 2.15. The SMILES string of the molecule is O=C1CN(c2cccc(Cl)c2)c2cc(Br)c(F)cc2N1. The monoisotopic (exact) mass is 354 g/mol. The van der Waals surface area contributed by atoms with E-state index in [2.05, 4.69) is 21.2 Å². The molecule has 0 radical (unpaired) electrons. The molecule has 1 amide bonds. The third-order valence-electron chi connectivity index (χ3n) is 3.03. The molecule has 6 heteroatoms. The summed E-state index contributed by atoms with van der Waals surface area (Å²) in [5.74, 6) is -0.615. The van der Waals surface area contributed by atoms with Crippen molar-refractivity contribution in [2.45, 2.75) is 0 Å². The average molecular weight is 356 g/mol. The molecule has 0 atom stereocenters. The molecular formula is C14H9BrClFN2O. The second-order valence-corrected chi connectivity index (χ2v) is 5.69. The number of halogens is 3. The lowest BCUT2D eigenvalue weighted by Crippen LogP contribution is -2.35. The molecule has 2 aromatic carbocycles. The van der Waals surface area contributed by atoms with Gasteiger partial charge in [0, 0.05) is 16.8 Å².